The molecule has 2 atom stereocenters. The Balaban J connectivity index is 2.69. The van der Waals surface area contributed by atoms with Gasteiger partial charge in [0.2, 0.25) is 0 Å². The molecule has 0 bridgehead atoms. The summed E-state index contributed by atoms with van der Waals surface area (Å²) in [6, 6.07) is 3.23. The van der Waals surface area contributed by atoms with Crippen molar-refractivity contribution >= 4 is 5.97 Å². The lowest BCUT2D eigenvalue weighted by atomic mass is 10.0. The molecule has 4 nitrogen and oxygen atoms in total. The van der Waals surface area contributed by atoms with Crippen LogP contribution in [0.2, 0.25) is 0 Å². The number of rotatable bonds is 5. The Labute approximate surface area is 95.7 Å². The minimum Gasteiger partial charge on any atom is -0.480 e. The van der Waals surface area contributed by atoms with Crippen molar-refractivity contribution in [3.63, 3.8) is 0 Å². The smallest absolute Gasteiger partial charge is 0.320 e. The lowest BCUT2D eigenvalue weighted by Crippen LogP contribution is -2.42. The van der Waals surface area contributed by atoms with Gasteiger partial charge in [-0.3, -0.25) is 15.1 Å². The maximum absolute atomic E-state index is 11.0. The molecule has 1 aromatic heterocycles. The van der Waals surface area contributed by atoms with Gasteiger partial charge in [-0.25, -0.2) is 0 Å². The quantitative estimate of drug-likeness (QED) is 0.798. The standard InChI is InChI=1S/C12H18N2O2/c1-8(2)11(12(15)16)14-9(3)10-5-4-6-13-7-10/h4-9,11,14H,1-3H3,(H,15,16)/t9-,11?/m1/s1. The van der Waals surface area contributed by atoms with Gasteiger partial charge >= 0.3 is 5.97 Å². The van der Waals surface area contributed by atoms with Gasteiger partial charge in [-0.15, -0.1) is 0 Å². The van der Waals surface area contributed by atoms with Gasteiger partial charge in [0.15, 0.2) is 0 Å². The largest absolute Gasteiger partial charge is 0.480 e. The first-order valence-electron chi connectivity index (χ1n) is 5.41. The number of aliphatic carboxylic acids is 1. The lowest BCUT2D eigenvalue weighted by Gasteiger charge is -2.22. The van der Waals surface area contributed by atoms with E-state index in [1.807, 2.05) is 32.9 Å². The van der Waals surface area contributed by atoms with Crippen molar-refractivity contribution < 1.29 is 9.90 Å². The Hall–Kier alpha value is -1.42. The van der Waals surface area contributed by atoms with Crippen LogP contribution in [0.1, 0.15) is 32.4 Å². The Morgan fingerprint density at radius 1 is 1.44 bits per heavy atom. The number of carboxylic acids is 1. The number of nitrogens with zero attached hydrogens (tertiary/aromatic N) is 1. The fourth-order valence-corrected chi connectivity index (χ4v) is 1.55. The van der Waals surface area contributed by atoms with E-state index in [4.69, 9.17) is 5.11 Å². The number of carboxylic acid groups (broad SMARTS) is 1. The second-order valence-corrected chi connectivity index (χ2v) is 4.23. The van der Waals surface area contributed by atoms with Gasteiger partial charge in [0.05, 0.1) is 0 Å². The number of carbonyl (C=O) groups is 1. The van der Waals surface area contributed by atoms with E-state index < -0.39 is 12.0 Å². The van der Waals surface area contributed by atoms with E-state index in [1.54, 1.807) is 12.4 Å². The molecule has 0 aliphatic heterocycles. The highest BCUT2D eigenvalue weighted by molar-refractivity contribution is 5.73. The van der Waals surface area contributed by atoms with E-state index in [0.29, 0.717) is 0 Å². The molecular formula is C12H18N2O2. The van der Waals surface area contributed by atoms with Crippen LogP contribution in [0.4, 0.5) is 0 Å². The molecule has 1 heterocycles. The first-order chi connectivity index (χ1) is 7.52. The van der Waals surface area contributed by atoms with Crippen molar-refractivity contribution in [2.45, 2.75) is 32.9 Å². The SMILES string of the molecule is CC(C)C(N[C@H](C)c1cccnc1)C(=O)O. The predicted octanol–water partition coefficient (Wildman–Crippen LogP) is 1.84. The van der Waals surface area contributed by atoms with Crippen LogP contribution in [-0.4, -0.2) is 22.1 Å². The Morgan fingerprint density at radius 3 is 2.56 bits per heavy atom. The monoisotopic (exact) mass is 222 g/mol. The van der Waals surface area contributed by atoms with Crippen LogP contribution in [-0.2, 0) is 4.79 Å². The Morgan fingerprint density at radius 2 is 2.12 bits per heavy atom. The molecule has 0 aliphatic carbocycles. The predicted molar refractivity (Wildman–Crippen MR) is 62.0 cm³/mol. The number of pyridine rings is 1. The summed E-state index contributed by atoms with van der Waals surface area (Å²) in [5, 5.41) is 12.2. The molecule has 4 heteroatoms. The van der Waals surface area contributed by atoms with E-state index in [2.05, 4.69) is 10.3 Å². The fourth-order valence-electron chi connectivity index (χ4n) is 1.55. The van der Waals surface area contributed by atoms with Crippen molar-refractivity contribution in [3.8, 4) is 0 Å². The molecule has 0 radical (unpaired) electrons. The maximum Gasteiger partial charge on any atom is 0.320 e. The van der Waals surface area contributed by atoms with Gasteiger partial charge in [-0.1, -0.05) is 19.9 Å². The Bertz CT molecular complexity index is 338. The zero-order valence-corrected chi connectivity index (χ0v) is 9.84. The minimum atomic E-state index is -0.814. The molecule has 1 aromatic rings. The van der Waals surface area contributed by atoms with Crippen LogP contribution >= 0.6 is 0 Å². The van der Waals surface area contributed by atoms with Crippen molar-refractivity contribution in [1.82, 2.24) is 10.3 Å². The highest BCUT2D eigenvalue weighted by atomic mass is 16.4. The summed E-state index contributed by atoms with van der Waals surface area (Å²) in [4.78, 5) is 15.0. The molecule has 0 aliphatic rings. The van der Waals surface area contributed by atoms with Gasteiger partial charge in [-0.05, 0) is 24.5 Å². The molecule has 0 amide bonds. The summed E-state index contributed by atoms with van der Waals surface area (Å²) in [5.74, 6) is -0.762. The summed E-state index contributed by atoms with van der Waals surface area (Å²) in [6.07, 6.45) is 3.45. The molecule has 0 aromatic carbocycles. The van der Waals surface area contributed by atoms with Crippen LogP contribution in [0.25, 0.3) is 0 Å². The van der Waals surface area contributed by atoms with E-state index in [9.17, 15) is 4.79 Å². The lowest BCUT2D eigenvalue weighted by molar-refractivity contribution is -0.140. The molecular weight excluding hydrogens is 204 g/mol. The average molecular weight is 222 g/mol. The third-order valence-electron chi connectivity index (χ3n) is 2.55. The van der Waals surface area contributed by atoms with Crippen molar-refractivity contribution in [3.05, 3.63) is 30.1 Å². The Kier molecular flexibility index (Phi) is 4.43. The number of aromatic nitrogens is 1. The van der Waals surface area contributed by atoms with Gasteiger partial charge in [0.1, 0.15) is 6.04 Å². The molecule has 0 saturated heterocycles. The minimum absolute atomic E-state index is 0.0165. The molecule has 0 fully saturated rings. The molecule has 1 unspecified atom stereocenters. The van der Waals surface area contributed by atoms with Crippen LogP contribution in [0.15, 0.2) is 24.5 Å². The maximum atomic E-state index is 11.0. The van der Waals surface area contributed by atoms with E-state index in [0.717, 1.165) is 5.56 Å². The second-order valence-electron chi connectivity index (χ2n) is 4.23. The molecule has 88 valence electrons. The first kappa shape index (κ1) is 12.6. The highest BCUT2D eigenvalue weighted by Crippen LogP contribution is 2.13. The van der Waals surface area contributed by atoms with Crippen LogP contribution in [0.5, 0.6) is 0 Å². The summed E-state index contributed by atoms with van der Waals surface area (Å²) < 4.78 is 0. The van der Waals surface area contributed by atoms with Gasteiger partial charge < -0.3 is 5.11 Å². The van der Waals surface area contributed by atoms with E-state index in [-0.39, 0.29) is 12.0 Å². The van der Waals surface area contributed by atoms with Crippen LogP contribution < -0.4 is 5.32 Å². The number of hydrogen-bond acceptors (Lipinski definition) is 3. The van der Waals surface area contributed by atoms with Crippen LogP contribution in [0, 0.1) is 5.92 Å². The molecule has 0 spiro atoms. The van der Waals surface area contributed by atoms with Gasteiger partial charge in [0, 0.05) is 18.4 Å². The first-order valence-corrected chi connectivity index (χ1v) is 5.41. The zero-order chi connectivity index (χ0) is 12.1. The summed E-state index contributed by atoms with van der Waals surface area (Å²) in [7, 11) is 0. The van der Waals surface area contributed by atoms with Gasteiger partial charge in [-0.2, -0.15) is 0 Å². The second kappa shape index (κ2) is 5.61. The normalized spacial score (nSPS) is 14.8. The topological polar surface area (TPSA) is 62.2 Å². The molecule has 0 saturated carbocycles. The molecule has 1 rings (SSSR count). The third kappa shape index (κ3) is 3.31. The highest BCUT2D eigenvalue weighted by Gasteiger charge is 2.23. The third-order valence-corrected chi connectivity index (χ3v) is 2.55. The van der Waals surface area contributed by atoms with Crippen LogP contribution in [0.3, 0.4) is 0 Å². The van der Waals surface area contributed by atoms with Crippen molar-refractivity contribution in [1.29, 1.82) is 0 Å². The fraction of sp³-hybridized carbons (Fsp3) is 0.500. The number of nitrogens with one attached hydrogen (secondary N) is 1. The zero-order valence-electron chi connectivity index (χ0n) is 9.84. The summed E-state index contributed by atoms with van der Waals surface area (Å²) >= 11 is 0. The number of hydrogen-bond donors (Lipinski definition) is 2. The van der Waals surface area contributed by atoms with Crippen molar-refractivity contribution in [2.24, 2.45) is 5.92 Å². The van der Waals surface area contributed by atoms with E-state index >= 15 is 0 Å². The van der Waals surface area contributed by atoms with Gasteiger partial charge in [0.25, 0.3) is 0 Å². The van der Waals surface area contributed by atoms with Crippen molar-refractivity contribution in [2.75, 3.05) is 0 Å². The average Bonchev–Trinajstić information content (AvgIpc) is 2.25. The molecule has 16 heavy (non-hydrogen) atoms. The summed E-state index contributed by atoms with van der Waals surface area (Å²) in [5.41, 5.74) is 0.995. The van der Waals surface area contributed by atoms with E-state index in [1.165, 1.54) is 0 Å². The summed E-state index contributed by atoms with van der Waals surface area (Å²) in [6.45, 7) is 5.72. The molecule has 2 N–H and O–H groups in total.